The molecule has 17 heavy (non-hydrogen) atoms. The summed E-state index contributed by atoms with van der Waals surface area (Å²) in [7, 11) is 0. The Kier molecular flexibility index (Phi) is 4.30. The van der Waals surface area contributed by atoms with Gasteiger partial charge in [0.25, 0.3) is 0 Å². The van der Waals surface area contributed by atoms with Crippen molar-refractivity contribution in [1.82, 2.24) is 14.9 Å². The van der Waals surface area contributed by atoms with Gasteiger partial charge in [0, 0.05) is 31.5 Å². The summed E-state index contributed by atoms with van der Waals surface area (Å²) < 4.78 is 0. The average Bonchev–Trinajstić information content (AvgIpc) is 2.83. The van der Waals surface area contributed by atoms with Crippen molar-refractivity contribution in [1.29, 1.82) is 0 Å². The van der Waals surface area contributed by atoms with Gasteiger partial charge in [-0.3, -0.25) is 4.90 Å². The SMILES string of the molecule is OCCN(Cc1ccccc1)Cc1cnc[nH]1. The molecule has 0 bridgehead atoms. The predicted octanol–water partition coefficient (Wildman–Crippen LogP) is 1.40. The number of aromatic nitrogens is 2. The number of benzene rings is 1. The van der Waals surface area contributed by atoms with E-state index in [1.807, 2.05) is 24.4 Å². The normalized spacial score (nSPS) is 10.9. The molecular formula is C13H17N3O. The van der Waals surface area contributed by atoms with Crippen molar-refractivity contribution < 1.29 is 5.11 Å². The lowest BCUT2D eigenvalue weighted by Crippen LogP contribution is -2.26. The maximum atomic E-state index is 9.08. The first kappa shape index (κ1) is 11.8. The lowest BCUT2D eigenvalue weighted by atomic mass is 10.2. The molecule has 2 aromatic rings. The van der Waals surface area contributed by atoms with E-state index in [9.17, 15) is 0 Å². The summed E-state index contributed by atoms with van der Waals surface area (Å²) in [6.07, 6.45) is 3.49. The van der Waals surface area contributed by atoms with Crippen LogP contribution in [0.3, 0.4) is 0 Å². The van der Waals surface area contributed by atoms with Gasteiger partial charge in [-0.15, -0.1) is 0 Å². The van der Waals surface area contributed by atoms with Gasteiger partial charge in [-0.05, 0) is 5.56 Å². The molecule has 4 nitrogen and oxygen atoms in total. The minimum absolute atomic E-state index is 0.168. The molecule has 0 fully saturated rings. The molecule has 0 atom stereocenters. The average molecular weight is 231 g/mol. The fraction of sp³-hybridized carbons (Fsp3) is 0.308. The van der Waals surface area contributed by atoms with E-state index in [-0.39, 0.29) is 6.61 Å². The molecule has 0 aliphatic carbocycles. The van der Waals surface area contributed by atoms with Gasteiger partial charge in [0.2, 0.25) is 0 Å². The minimum Gasteiger partial charge on any atom is -0.395 e. The van der Waals surface area contributed by atoms with Crippen molar-refractivity contribution in [3.8, 4) is 0 Å². The highest BCUT2D eigenvalue weighted by molar-refractivity contribution is 5.14. The Morgan fingerprint density at radius 2 is 2.00 bits per heavy atom. The zero-order valence-electron chi connectivity index (χ0n) is 9.71. The van der Waals surface area contributed by atoms with E-state index in [0.717, 1.165) is 18.8 Å². The number of aromatic amines is 1. The fourth-order valence-corrected chi connectivity index (χ4v) is 1.81. The molecule has 0 aliphatic rings. The van der Waals surface area contributed by atoms with Crippen LogP contribution in [0.25, 0.3) is 0 Å². The molecule has 0 spiro atoms. The van der Waals surface area contributed by atoms with Gasteiger partial charge in [-0.2, -0.15) is 0 Å². The molecule has 0 radical (unpaired) electrons. The van der Waals surface area contributed by atoms with Crippen molar-refractivity contribution in [2.45, 2.75) is 13.1 Å². The van der Waals surface area contributed by atoms with Crippen LogP contribution in [0.4, 0.5) is 0 Å². The Morgan fingerprint density at radius 3 is 2.65 bits per heavy atom. The van der Waals surface area contributed by atoms with Crippen molar-refractivity contribution in [2.24, 2.45) is 0 Å². The lowest BCUT2D eigenvalue weighted by Gasteiger charge is -2.20. The molecule has 0 amide bonds. The quantitative estimate of drug-likeness (QED) is 0.790. The zero-order valence-corrected chi connectivity index (χ0v) is 9.71. The molecule has 1 aromatic carbocycles. The van der Waals surface area contributed by atoms with Crippen LogP contribution < -0.4 is 0 Å². The van der Waals surface area contributed by atoms with Gasteiger partial charge in [-0.25, -0.2) is 4.98 Å². The van der Waals surface area contributed by atoms with Crippen LogP contribution in [0.1, 0.15) is 11.3 Å². The first-order valence-electron chi connectivity index (χ1n) is 5.73. The smallest absolute Gasteiger partial charge is 0.0922 e. The second-order valence-electron chi connectivity index (χ2n) is 4.00. The summed E-state index contributed by atoms with van der Waals surface area (Å²) >= 11 is 0. The van der Waals surface area contributed by atoms with Gasteiger partial charge in [0.05, 0.1) is 12.9 Å². The molecule has 1 heterocycles. The number of rotatable bonds is 6. The first-order chi connectivity index (χ1) is 8.38. The van der Waals surface area contributed by atoms with Crippen LogP contribution in [0.15, 0.2) is 42.9 Å². The van der Waals surface area contributed by atoms with Crippen LogP contribution in [-0.2, 0) is 13.1 Å². The van der Waals surface area contributed by atoms with Gasteiger partial charge in [0.1, 0.15) is 0 Å². The van der Waals surface area contributed by atoms with E-state index in [2.05, 4.69) is 27.0 Å². The molecule has 2 N–H and O–H groups in total. The molecule has 0 unspecified atom stereocenters. The Bertz CT molecular complexity index is 413. The highest BCUT2D eigenvalue weighted by Gasteiger charge is 2.06. The molecular weight excluding hydrogens is 214 g/mol. The maximum Gasteiger partial charge on any atom is 0.0922 e. The Labute approximate surface area is 101 Å². The van der Waals surface area contributed by atoms with Gasteiger partial charge >= 0.3 is 0 Å². The number of aliphatic hydroxyl groups excluding tert-OH is 1. The monoisotopic (exact) mass is 231 g/mol. The third kappa shape index (κ3) is 3.69. The van der Waals surface area contributed by atoms with Gasteiger partial charge in [0.15, 0.2) is 0 Å². The molecule has 0 saturated heterocycles. The summed E-state index contributed by atoms with van der Waals surface area (Å²) in [5.74, 6) is 0. The summed E-state index contributed by atoms with van der Waals surface area (Å²) in [5.41, 5.74) is 2.31. The first-order valence-corrected chi connectivity index (χ1v) is 5.73. The molecule has 4 heteroatoms. The van der Waals surface area contributed by atoms with Crippen molar-refractivity contribution in [2.75, 3.05) is 13.2 Å². The van der Waals surface area contributed by atoms with Crippen molar-refractivity contribution >= 4 is 0 Å². The third-order valence-electron chi connectivity index (χ3n) is 2.61. The highest BCUT2D eigenvalue weighted by Crippen LogP contribution is 2.07. The van der Waals surface area contributed by atoms with E-state index >= 15 is 0 Å². The second kappa shape index (κ2) is 6.18. The molecule has 90 valence electrons. The Morgan fingerprint density at radius 1 is 1.18 bits per heavy atom. The van der Waals surface area contributed by atoms with Crippen LogP contribution in [-0.4, -0.2) is 33.1 Å². The van der Waals surface area contributed by atoms with Crippen LogP contribution in [0.5, 0.6) is 0 Å². The lowest BCUT2D eigenvalue weighted by molar-refractivity contribution is 0.183. The van der Waals surface area contributed by atoms with Gasteiger partial charge < -0.3 is 10.1 Å². The van der Waals surface area contributed by atoms with Gasteiger partial charge in [-0.1, -0.05) is 30.3 Å². The summed E-state index contributed by atoms with van der Waals surface area (Å²) in [5, 5.41) is 9.08. The van der Waals surface area contributed by atoms with E-state index in [4.69, 9.17) is 5.11 Å². The number of nitrogens with zero attached hydrogens (tertiary/aromatic N) is 2. The number of aliphatic hydroxyl groups is 1. The predicted molar refractivity (Wildman–Crippen MR) is 66.2 cm³/mol. The highest BCUT2D eigenvalue weighted by atomic mass is 16.3. The van der Waals surface area contributed by atoms with Crippen LogP contribution >= 0.6 is 0 Å². The number of hydrogen-bond acceptors (Lipinski definition) is 3. The number of H-pyrrole nitrogens is 1. The van der Waals surface area contributed by atoms with Crippen LogP contribution in [0.2, 0.25) is 0 Å². The number of hydrogen-bond donors (Lipinski definition) is 2. The van der Waals surface area contributed by atoms with Crippen LogP contribution in [0, 0.1) is 0 Å². The zero-order chi connectivity index (χ0) is 11.9. The summed E-state index contributed by atoms with van der Waals surface area (Å²) in [4.78, 5) is 9.26. The number of nitrogens with one attached hydrogen (secondary N) is 1. The Balaban J connectivity index is 1.97. The Hall–Kier alpha value is -1.65. The molecule has 0 aliphatic heterocycles. The van der Waals surface area contributed by atoms with E-state index in [1.165, 1.54) is 5.56 Å². The van der Waals surface area contributed by atoms with Crippen molar-refractivity contribution in [3.63, 3.8) is 0 Å². The molecule has 2 rings (SSSR count). The summed E-state index contributed by atoms with van der Waals surface area (Å²) in [6.45, 7) is 2.44. The minimum atomic E-state index is 0.168. The maximum absolute atomic E-state index is 9.08. The number of imidazole rings is 1. The topological polar surface area (TPSA) is 52.1 Å². The third-order valence-corrected chi connectivity index (χ3v) is 2.61. The second-order valence-corrected chi connectivity index (χ2v) is 4.00. The van der Waals surface area contributed by atoms with E-state index < -0.39 is 0 Å². The standard InChI is InChI=1S/C13H17N3O/c17-7-6-16(10-13-8-14-11-15-13)9-12-4-2-1-3-5-12/h1-5,8,11,17H,6-7,9-10H2,(H,14,15). The molecule has 0 saturated carbocycles. The fourth-order valence-electron chi connectivity index (χ4n) is 1.81. The van der Waals surface area contributed by atoms with Crippen molar-refractivity contribution in [3.05, 3.63) is 54.1 Å². The van der Waals surface area contributed by atoms with E-state index in [0.29, 0.717) is 6.54 Å². The molecule has 1 aromatic heterocycles. The van der Waals surface area contributed by atoms with E-state index in [1.54, 1.807) is 6.33 Å². The summed E-state index contributed by atoms with van der Waals surface area (Å²) in [6, 6.07) is 10.3. The largest absolute Gasteiger partial charge is 0.395 e.